The number of hydrogen-bond acceptors (Lipinski definition) is 5. The number of carbonyl (C=O) groups is 2. The Labute approximate surface area is 137 Å². The van der Waals surface area contributed by atoms with Gasteiger partial charge >= 0.3 is 5.97 Å². The Bertz CT molecular complexity index is 866. The van der Waals surface area contributed by atoms with Gasteiger partial charge in [0.25, 0.3) is 5.91 Å². The van der Waals surface area contributed by atoms with Crippen molar-refractivity contribution in [2.75, 3.05) is 11.9 Å². The van der Waals surface area contributed by atoms with E-state index in [1.54, 1.807) is 0 Å². The molecule has 0 aliphatic carbocycles. The van der Waals surface area contributed by atoms with E-state index >= 15 is 0 Å². The monoisotopic (exact) mass is 352 g/mol. The highest BCUT2D eigenvalue weighted by molar-refractivity contribution is 7.89. The maximum absolute atomic E-state index is 12.8. The van der Waals surface area contributed by atoms with Crippen molar-refractivity contribution in [1.29, 1.82) is 0 Å². The zero-order valence-corrected chi connectivity index (χ0v) is 13.0. The second-order valence-corrected chi connectivity index (χ2v) is 6.27. The van der Waals surface area contributed by atoms with Gasteiger partial charge in [0.2, 0.25) is 10.0 Å². The average Bonchev–Trinajstić information content (AvgIpc) is 2.53. The van der Waals surface area contributed by atoms with Gasteiger partial charge in [-0.05, 0) is 42.5 Å². The van der Waals surface area contributed by atoms with Crippen LogP contribution in [0.1, 0.15) is 10.4 Å². The Morgan fingerprint density at radius 1 is 1.12 bits per heavy atom. The number of esters is 1. The molecule has 0 atom stereocenters. The highest BCUT2D eigenvalue weighted by atomic mass is 32.2. The molecule has 7 nitrogen and oxygen atoms in total. The van der Waals surface area contributed by atoms with Gasteiger partial charge in [-0.3, -0.25) is 4.79 Å². The first-order chi connectivity index (χ1) is 11.3. The Kier molecular flexibility index (Phi) is 5.27. The number of ether oxygens (including phenoxy) is 1. The van der Waals surface area contributed by atoms with Gasteiger partial charge in [0.15, 0.2) is 6.61 Å². The van der Waals surface area contributed by atoms with E-state index in [9.17, 15) is 22.4 Å². The van der Waals surface area contributed by atoms with E-state index in [0.29, 0.717) is 0 Å². The number of hydrogen-bond donors (Lipinski definition) is 2. The zero-order chi connectivity index (χ0) is 17.7. The van der Waals surface area contributed by atoms with Crippen LogP contribution in [0, 0.1) is 5.82 Å². The van der Waals surface area contributed by atoms with Crippen molar-refractivity contribution in [2.24, 2.45) is 5.14 Å². The topological polar surface area (TPSA) is 116 Å². The summed E-state index contributed by atoms with van der Waals surface area (Å²) in [5.41, 5.74) is 0.282. The molecule has 0 aromatic heterocycles. The Morgan fingerprint density at radius 3 is 2.42 bits per heavy atom. The van der Waals surface area contributed by atoms with Gasteiger partial charge in [-0.15, -0.1) is 0 Å². The van der Waals surface area contributed by atoms with Crippen LogP contribution in [0.2, 0.25) is 0 Å². The molecule has 0 unspecified atom stereocenters. The SMILES string of the molecule is NS(=O)(=O)c1cccc(NC(=O)COC(=O)c2ccc(F)cc2)c1. The molecular weight excluding hydrogens is 339 g/mol. The number of anilines is 1. The Morgan fingerprint density at radius 2 is 1.79 bits per heavy atom. The molecular formula is C15H13FN2O5S. The lowest BCUT2D eigenvalue weighted by Gasteiger charge is -2.07. The molecule has 126 valence electrons. The van der Waals surface area contributed by atoms with Crippen molar-refractivity contribution >= 4 is 27.6 Å². The van der Waals surface area contributed by atoms with Gasteiger partial charge in [0.1, 0.15) is 5.82 Å². The number of amides is 1. The van der Waals surface area contributed by atoms with E-state index in [-0.39, 0.29) is 16.1 Å². The normalized spacial score (nSPS) is 10.9. The molecule has 2 aromatic rings. The highest BCUT2D eigenvalue weighted by Crippen LogP contribution is 2.14. The number of halogens is 1. The molecule has 0 aliphatic rings. The van der Waals surface area contributed by atoms with Crippen molar-refractivity contribution in [3.8, 4) is 0 Å². The summed E-state index contributed by atoms with van der Waals surface area (Å²) in [5, 5.41) is 7.37. The maximum Gasteiger partial charge on any atom is 0.338 e. The third kappa shape index (κ3) is 4.86. The van der Waals surface area contributed by atoms with E-state index in [1.807, 2.05) is 0 Å². The number of sulfonamides is 1. The molecule has 2 aromatic carbocycles. The lowest BCUT2D eigenvalue weighted by atomic mass is 10.2. The van der Waals surface area contributed by atoms with Crippen molar-refractivity contribution in [2.45, 2.75) is 4.90 Å². The van der Waals surface area contributed by atoms with E-state index in [4.69, 9.17) is 9.88 Å². The minimum absolute atomic E-state index is 0.0976. The standard InChI is InChI=1S/C15H13FN2O5S/c16-11-6-4-10(5-7-11)15(20)23-9-14(19)18-12-2-1-3-13(8-12)24(17,21)22/h1-8H,9H2,(H,18,19)(H2,17,21,22). The second kappa shape index (κ2) is 7.20. The fourth-order valence-electron chi connectivity index (χ4n) is 1.75. The molecule has 0 spiro atoms. The summed E-state index contributed by atoms with van der Waals surface area (Å²) >= 11 is 0. The van der Waals surface area contributed by atoms with Gasteiger partial charge in [-0.1, -0.05) is 6.07 Å². The number of rotatable bonds is 5. The van der Waals surface area contributed by atoms with Crippen molar-refractivity contribution < 1.29 is 27.1 Å². The number of benzene rings is 2. The molecule has 9 heteroatoms. The molecule has 1 amide bonds. The molecule has 0 aliphatic heterocycles. The summed E-state index contributed by atoms with van der Waals surface area (Å²) in [5.74, 6) is -1.96. The molecule has 0 heterocycles. The van der Waals surface area contributed by atoms with Crippen LogP contribution in [0.4, 0.5) is 10.1 Å². The van der Waals surface area contributed by atoms with Crippen LogP contribution in [-0.4, -0.2) is 26.9 Å². The van der Waals surface area contributed by atoms with Crippen molar-refractivity contribution in [3.05, 3.63) is 59.9 Å². The first-order valence-corrected chi connectivity index (χ1v) is 8.16. The summed E-state index contributed by atoms with van der Waals surface area (Å²) < 4.78 is 40.0. The first kappa shape index (κ1) is 17.6. The molecule has 0 radical (unpaired) electrons. The van der Waals surface area contributed by atoms with Gasteiger partial charge < -0.3 is 10.1 Å². The van der Waals surface area contributed by atoms with Crippen LogP contribution in [-0.2, 0) is 19.6 Å². The Hall–Kier alpha value is -2.78. The molecule has 0 saturated heterocycles. The Balaban J connectivity index is 1.94. The number of primary sulfonamides is 1. The zero-order valence-electron chi connectivity index (χ0n) is 12.2. The average molecular weight is 352 g/mol. The smallest absolute Gasteiger partial charge is 0.338 e. The van der Waals surface area contributed by atoms with Crippen LogP contribution in [0.3, 0.4) is 0 Å². The summed E-state index contributed by atoms with van der Waals surface area (Å²) in [6.07, 6.45) is 0. The second-order valence-electron chi connectivity index (χ2n) is 4.70. The lowest BCUT2D eigenvalue weighted by Crippen LogP contribution is -2.21. The van der Waals surface area contributed by atoms with Crippen LogP contribution in [0.15, 0.2) is 53.4 Å². The van der Waals surface area contributed by atoms with Crippen LogP contribution in [0.25, 0.3) is 0 Å². The predicted molar refractivity (Wildman–Crippen MR) is 83.1 cm³/mol. The van der Waals surface area contributed by atoms with E-state index in [0.717, 1.165) is 12.1 Å². The first-order valence-electron chi connectivity index (χ1n) is 6.61. The van der Waals surface area contributed by atoms with Gasteiger partial charge in [0, 0.05) is 5.69 Å². The van der Waals surface area contributed by atoms with E-state index in [2.05, 4.69) is 5.32 Å². The minimum atomic E-state index is -3.89. The molecule has 0 saturated carbocycles. The summed E-state index contributed by atoms with van der Waals surface area (Å²) in [6.45, 7) is -0.587. The van der Waals surface area contributed by atoms with Crippen LogP contribution in [0.5, 0.6) is 0 Å². The van der Waals surface area contributed by atoms with Crippen molar-refractivity contribution in [3.63, 3.8) is 0 Å². The van der Waals surface area contributed by atoms with E-state index in [1.165, 1.54) is 36.4 Å². The third-order valence-electron chi connectivity index (χ3n) is 2.86. The van der Waals surface area contributed by atoms with Crippen LogP contribution >= 0.6 is 0 Å². The third-order valence-corrected chi connectivity index (χ3v) is 3.77. The molecule has 0 fully saturated rings. The predicted octanol–water partition coefficient (Wildman–Crippen LogP) is 1.27. The summed E-state index contributed by atoms with van der Waals surface area (Å²) in [4.78, 5) is 23.2. The molecule has 3 N–H and O–H groups in total. The van der Waals surface area contributed by atoms with Gasteiger partial charge in [-0.25, -0.2) is 22.7 Å². The summed E-state index contributed by atoms with van der Waals surface area (Å²) in [7, 11) is -3.89. The maximum atomic E-state index is 12.8. The molecule has 2 rings (SSSR count). The van der Waals surface area contributed by atoms with Gasteiger partial charge in [-0.2, -0.15) is 0 Å². The van der Waals surface area contributed by atoms with E-state index < -0.39 is 34.3 Å². The highest BCUT2D eigenvalue weighted by Gasteiger charge is 2.12. The number of nitrogens with one attached hydrogen (secondary N) is 1. The molecule has 0 bridgehead atoms. The van der Waals surface area contributed by atoms with Crippen LogP contribution < -0.4 is 10.5 Å². The number of nitrogens with two attached hydrogens (primary N) is 1. The largest absolute Gasteiger partial charge is 0.452 e. The fraction of sp³-hybridized carbons (Fsp3) is 0.0667. The lowest BCUT2D eigenvalue weighted by molar-refractivity contribution is -0.119. The summed E-state index contributed by atoms with van der Waals surface area (Å²) in [6, 6.07) is 9.95. The number of carbonyl (C=O) groups excluding carboxylic acids is 2. The quantitative estimate of drug-likeness (QED) is 0.786. The molecule has 24 heavy (non-hydrogen) atoms. The minimum Gasteiger partial charge on any atom is -0.452 e. The fourth-order valence-corrected chi connectivity index (χ4v) is 2.31. The van der Waals surface area contributed by atoms with Gasteiger partial charge in [0.05, 0.1) is 10.5 Å². The van der Waals surface area contributed by atoms with Crippen molar-refractivity contribution in [1.82, 2.24) is 0 Å².